The van der Waals surface area contributed by atoms with Gasteiger partial charge in [-0.15, -0.1) is 0 Å². The second-order valence-corrected chi connectivity index (χ2v) is 5.02. The average Bonchev–Trinajstić information content (AvgIpc) is 2.25. The van der Waals surface area contributed by atoms with Crippen LogP contribution < -0.4 is 0 Å². The number of hydrogen-bond donors (Lipinski definition) is 0. The van der Waals surface area contributed by atoms with Crippen LogP contribution >= 0.6 is 0 Å². The SMILES string of the molecule is CC1=CCC[C@@H](C)[C@@H]1CN1CCOCC1. The van der Waals surface area contributed by atoms with Crippen LogP contribution in [0.3, 0.4) is 0 Å². The van der Waals surface area contributed by atoms with E-state index in [9.17, 15) is 0 Å². The van der Waals surface area contributed by atoms with Crippen LogP contribution in [0.4, 0.5) is 0 Å². The third-order valence-electron chi connectivity index (χ3n) is 3.92. The highest BCUT2D eigenvalue weighted by Crippen LogP contribution is 2.30. The van der Waals surface area contributed by atoms with Crippen molar-refractivity contribution in [1.29, 1.82) is 0 Å². The van der Waals surface area contributed by atoms with Gasteiger partial charge >= 0.3 is 0 Å². The Labute approximate surface area is 93.3 Å². The zero-order valence-corrected chi connectivity index (χ0v) is 10.0. The van der Waals surface area contributed by atoms with Gasteiger partial charge in [0.15, 0.2) is 0 Å². The zero-order valence-electron chi connectivity index (χ0n) is 10.0. The molecule has 0 radical (unpaired) electrons. The lowest BCUT2D eigenvalue weighted by molar-refractivity contribution is 0.0287. The summed E-state index contributed by atoms with van der Waals surface area (Å²) in [6.45, 7) is 10.0. The average molecular weight is 209 g/mol. The predicted molar refractivity (Wildman–Crippen MR) is 62.9 cm³/mol. The van der Waals surface area contributed by atoms with E-state index in [4.69, 9.17) is 4.74 Å². The van der Waals surface area contributed by atoms with Crippen LogP contribution in [0.2, 0.25) is 0 Å². The Morgan fingerprint density at radius 1 is 1.40 bits per heavy atom. The van der Waals surface area contributed by atoms with Gasteiger partial charge in [-0.1, -0.05) is 18.6 Å². The topological polar surface area (TPSA) is 12.5 Å². The molecule has 1 aliphatic carbocycles. The van der Waals surface area contributed by atoms with Gasteiger partial charge in [-0.05, 0) is 31.6 Å². The first-order chi connectivity index (χ1) is 7.27. The van der Waals surface area contributed by atoms with Crippen molar-refractivity contribution in [3.8, 4) is 0 Å². The van der Waals surface area contributed by atoms with Crippen molar-refractivity contribution in [2.75, 3.05) is 32.8 Å². The number of rotatable bonds is 2. The van der Waals surface area contributed by atoms with E-state index in [2.05, 4.69) is 24.8 Å². The maximum atomic E-state index is 5.39. The third-order valence-corrected chi connectivity index (χ3v) is 3.92. The summed E-state index contributed by atoms with van der Waals surface area (Å²) in [5.74, 6) is 1.65. The predicted octanol–water partition coefficient (Wildman–Crippen LogP) is 2.31. The minimum atomic E-state index is 0.789. The second-order valence-electron chi connectivity index (χ2n) is 5.02. The smallest absolute Gasteiger partial charge is 0.0594 e. The second kappa shape index (κ2) is 5.13. The molecule has 1 heterocycles. The molecule has 1 saturated heterocycles. The molecule has 2 atom stereocenters. The molecule has 1 aliphatic heterocycles. The maximum absolute atomic E-state index is 5.39. The van der Waals surface area contributed by atoms with Crippen LogP contribution in [-0.4, -0.2) is 37.7 Å². The first-order valence-corrected chi connectivity index (χ1v) is 6.24. The summed E-state index contributed by atoms with van der Waals surface area (Å²) in [6.07, 6.45) is 5.09. The van der Waals surface area contributed by atoms with E-state index in [1.54, 1.807) is 5.57 Å². The highest BCUT2D eigenvalue weighted by atomic mass is 16.5. The summed E-state index contributed by atoms with van der Waals surface area (Å²) in [4.78, 5) is 2.56. The summed E-state index contributed by atoms with van der Waals surface area (Å²) in [5, 5.41) is 0. The third kappa shape index (κ3) is 2.82. The number of morpholine rings is 1. The van der Waals surface area contributed by atoms with Crippen LogP contribution in [0.5, 0.6) is 0 Å². The Kier molecular flexibility index (Phi) is 3.81. The number of hydrogen-bond acceptors (Lipinski definition) is 2. The molecule has 0 bridgehead atoms. The van der Waals surface area contributed by atoms with Gasteiger partial charge in [-0.3, -0.25) is 4.90 Å². The Hall–Kier alpha value is -0.340. The first-order valence-electron chi connectivity index (χ1n) is 6.24. The van der Waals surface area contributed by atoms with Gasteiger partial charge in [-0.2, -0.15) is 0 Å². The van der Waals surface area contributed by atoms with E-state index >= 15 is 0 Å². The van der Waals surface area contributed by atoms with Gasteiger partial charge in [0.2, 0.25) is 0 Å². The standard InChI is InChI=1S/C13H23NO/c1-11-4-3-5-12(2)13(11)10-14-6-8-15-9-7-14/h4,12-13H,3,5-10H2,1-2H3/t12-,13-/m1/s1. The molecule has 0 spiro atoms. The van der Waals surface area contributed by atoms with Crippen molar-refractivity contribution < 1.29 is 4.74 Å². The quantitative estimate of drug-likeness (QED) is 0.647. The fraction of sp³-hybridized carbons (Fsp3) is 0.846. The lowest BCUT2D eigenvalue weighted by Gasteiger charge is -2.35. The fourth-order valence-corrected chi connectivity index (χ4v) is 2.76. The van der Waals surface area contributed by atoms with Crippen molar-refractivity contribution in [3.05, 3.63) is 11.6 Å². The molecule has 15 heavy (non-hydrogen) atoms. The van der Waals surface area contributed by atoms with E-state index in [0.29, 0.717) is 0 Å². The normalized spacial score (nSPS) is 33.9. The number of nitrogens with zero attached hydrogens (tertiary/aromatic N) is 1. The molecule has 0 amide bonds. The van der Waals surface area contributed by atoms with Gasteiger partial charge < -0.3 is 4.74 Å². The summed E-state index contributed by atoms with van der Waals surface area (Å²) in [5.41, 5.74) is 1.61. The van der Waals surface area contributed by atoms with Crippen molar-refractivity contribution in [1.82, 2.24) is 4.90 Å². The van der Waals surface area contributed by atoms with E-state index in [0.717, 1.165) is 38.1 Å². The largest absolute Gasteiger partial charge is 0.379 e. The lowest BCUT2D eigenvalue weighted by atomic mass is 9.80. The Balaban J connectivity index is 1.91. The molecular weight excluding hydrogens is 186 g/mol. The molecule has 2 rings (SSSR count). The van der Waals surface area contributed by atoms with Crippen molar-refractivity contribution >= 4 is 0 Å². The van der Waals surface area contributed by atoms with E-state index < -0.39 is 0 Å². The molecular formula is C13H23NO. The van der Waals surface area contributed by atoms with Gasteiger partial charge in [0.05, 0.1) is 13.2 Å². The zero-order chi connectivity index (χ0) is 10.7. The molecule has 0 aromatic heterocycles. The minimum Gasteiger partial charge on any atom is -0.379 e. The fourth-order valence-electron chi connectivity index (χ4n) is 2.76. The van der Waals surface area contributed by atoms with Crippen LogP contribution in [0.15, 0.2) is 11.6 Å². The van der Waals surface area contributed by atoms with Gasteiger partial charge in [-0.25, -0.2) is 0 Å². The summed E-state index contributed by atoms with van der Waals surface area (Å²) in [6, 6.07) is 0. The Bertz CT molecular complexity index is 231. The Morgan fingerprint density at radius 3 is 2.80 bits per heavy atom. The van der Waals surface area contributed by atoms with Crippen molar-refractivity contribution in [3.63, 3.8) is 0 Å². The number of allylic oxidation sites excluding steroid dienone is 1. The molecule has 1 fully saturated rings. The Morgan fingerprint density at radius 2 is 2.13 bits per heavy atom. The van der Waals surface area contributed by atoms with Crippen LogP contribution in [0.1, 0.15) is 26.7 Å². The maximum Gasteiger partial charge on any atom is 0.0594 e. The highest BCUT2D eigenvalue weighted by Gasteiger charge is 2.24. The van der Waals surface area contributed by atoms with Crippen molar-refractivity contribution in [2.45, 2.75) is 26.7 Å². The van der Waals surface area contributed by atoms with E-state index in [1.807, 2.05) is 0 Å². The summed E-state index contributed by atoms with van der Waals surface area (Å²) >= 11 is 0. The van der Waals surface area contributed by atoms with Gasteiger partial charge in [0.1, 0.15) is 0 Å². The molecule has 0 aromatic rings. The monoisotopic (exact) mass is 209 g/mol. The lowest BCUT2D eigenvalue weighted by Crippen LogP contribution is -2.41. The molecule has 2 aliphatic rings. The van der Waals surface area contributed by atoms with Crippen LogP contribution in [0.25, 0.3) is 0 Å². The van der Waals surface area contributed by atoms with Gasteiger partial charge in [0, 0.05) is 19.6 Å². The minimum absolute atomic E-state index is 0.789. The van der Waals surface area contributed by atoms with Crippen LogP contribution in [-0.2, 0) is 4.74 Å². The van der Waals surface area contributed by atoms with E-state index in [1.165, 1.54) is 19.4 Å². The highest BCUT2D eigenvalue weighted by molar-refractivity contribution is 5.09. The van der Waals surface area contributed by atoms with Gasteiger partial charge in [0.25, 0.3) is 0 Å². The first kappa shape index (κ1) is 11.2. The molecule has 0 N–H and O–H groups in total. The molecule has 86 valence electrons. The molecule has 0 unspecified atom stereocenters. The molecule has 2 nitrogen and oxygen atoms in total. The summed E-state index contributed by atoms with van der Waals surface area (Å²) < 4.78 is 5.39. The van der Waals surface area contributed by atoms with Crippen molar-refractivity contribution in [2.24, 2.45) is 11.8 Å². The molecule has 2 heteroatoms. The number of ether oxygens (including phenoxy) is 1. The van der Waals surface area contributed by atoms with E-state index in [-0.39, 0.29) is 0 Å². The van der Waals surface area contributed by atoms with Crippen LogP contribution in [0, 0.1) is 11.8 Å². The molecule has 0 saturated carbocycles. The summed E-state index contributed by atoms with van der Waals surface area (Å²) in [7, 11) is 0. The molecule has 0 aromatic carbocycles.